The van der Waals surface area contributed by atoms with Crippen molar-refractivity contribution < 1.29 is 4.74 Å². The van der Waals surface area contributed by atoms with E-state index in [0.29, 0.717) is 12.1 Å². The number of nitrogens with one attached hydrogen (secondary N) is 1. The molecule has 0 saturated carbocycles. The quantitative estimate of drug-likeness (QED) is 0.875. The Morgan fingerprint density at radius 3 is 2.86 bits per heavy atom. The highest BCUT2D eigenvalue weighted by Crippen LogP contribution is 2.32. The summed E-state index contributed by atoms with van der Waals surface area (Å²) in [7, 11) is 0. The Labute approximate surface area is 132 Å². The van der Waals surface area contributed by atoms with Gasteiger partial charge in [0.25, 0.3) is 0 Å². The summed E-state index contributed by atoms with van der Waals surface area (Å²) in [5, 5.41) is 4.69. The molecular formula is C16H29N3OS. The fourth-order valence-corrected chi connectivity index (χ4v) is 3.85. The van der Waals surface area contributed by atoms with Gasteiger partial charge in [-0.25, -0.2) is 4.98 Å². The van der Waals surface area contributed by atoms with E-state index in [9.17, 15) is 0 Å². The van der Waals surface area contributed by atoms with E-state index in [0.717, 1.165) is 43.4 Å². The molecule has 1 aliphatic heterocycles. The second-order valence-electron chi connectivity index (χ2n) is 6.13. The van der Waals surface area contributed by atoms with Crippen LogP contribution in [0.3, 0.4) is 0 Å². The van der Waals surface area contributed by atoms with Crippen molar-refractivity contribution in [3.8, 4) is 0 Å². The molecule has 1 aromatic rings. The molecular weight excluding hydrogens is 282 g/mol. The highest BCUT2D eigenvalue weighted by molar-refractivity contribution is 7.11. The van der Waals surface area contributed by atoms with Crippen molar-refractivity contribution in [2.24, 2.45) is 0 Å². The Morgan fingerprint density at radius 1 is 1.43 bits per heavy atom. The van der Waals surface area contributed by atoms with Gasteiger partial charge in [-0.05, 0) is 40.7 Å². The maximum atomic E-state index is 5.96. The van der Waals surface area contributed by atoms with Gasteiger partial charge in [0.05, 0.1) is 12.3 Å². The molecule has 0 amide bonds. The summed E-state index contributed by atoms with van der Waals surface area (Å²) >= 11 is 1.81. The number of aromatic nitrogens is 1. The number of morpholine rings is 1. The van der Waals surface area contributed by atoms with Crippen molar-refractivity contribution >= 4 is 11.3 Å². The fraction of sp³-hybridized carbons (Fsp3) is 0.812. The molecule has 2 rings (SSSR count). The Kier molecular flexibility index (Phi) is 6.17. The first-order chi connectivity index (χ1) is 10.0. The molecule has 0 spiro atoms. The van der Waals surface area contributed by atoms with E-state index in [-0.39, 0.29) is 6.10 Å². The molecule has 1 saturated heterocycles. The SMILES string of the molecule is CCCNC(C)c1sc(C2CN(C(C)C)CCO2)nc1C. The van der Waals surface area contributed by atoms with E-state index in [2.05, 4.69) is 44.8 Å². The lowest BCUT2D eigenvalue weighted by Crippen LogP contribution is -2.42. The molecule has 1 fully saturated rings. The largest absolute Gasteiger partial charge is 0.368 e. The Morgan fingerprint density at radius 2 is 2.19 bits per heavy atom. The second-order valence-corrected chi connectivity index (χ2v) is 7.19. The average Bonchev–Trinajstić information content (AvgIpc) is 2.87. The Hall–Kier alpha value is -0.490. The molecule has 1 aromatic heterocycles. The number of ether oxygens (including phenoxy) is 1. The van der Waals surface area contributed by atoms with Crippen molar-refractivity contribution in [2.75, 3.05) is 26.2 Å². The Balaban J connectivity index is 2.07. The predicted octanol–water partition coefficient (Wildman–Crippen LogP) is 3.29. The first-order valence-electron chi connectivity index (χ1n) is 8.09. The number of thiazole rings is 1. The number of aryl methyl sites for hydroxylation is 1. The molecule has 0 bridgehead atoms. The van der Waals surface area contributed by atoms with Crippen LogP contribution < -0.4 is 5.32 Å². The van der Waals surface area contributed by atoms with Gasteiger partial charge in [-0.2, -0.15) is 0 Å². The van der Waals surface area contributed by atoms with Crippen LogP contribution in [0.1, 0.15) is 61.8 Å². The third kappa shape index (κ3) is 4.25. The van der Waals surface area contributed by atoms with Crippen LogP contribution in [0.2, 0.25) is 0 Å². The van der Waals surface area contributed by atoms with Gasteiger partial charge in [-0.3, -0.25) is 4.90 Å². The third-order valence-electron chi connectivity index (χ3n) is 4.05. The number of hydrogen-bond donors (Lipinski definition) is 1. The van der Waals surface area contributed by atoms with Crippen molar-refractivity contribution in [2.45, 2.75) is 59.2 Å². The summed E-state index contributed by atoms with van der Waals surface area (Å²) in [5.41, 5.74) is 1.15. The molecule has 2 unspecified atom stereocenters. The van der Waals surface area contributed by atoms with Crippen LogP contribution in [-0.2, 0) is 4.74 Å². The van der Waals surface area contributed by atoms with Gasteiger partial charge in [0.1, 0.15) is 11.1 Å². The van der Waals surface area contributed by atoms with Crippen LogP contribution in [0.25, 0.3) is 0 Å². The molecule has 2 heterocycles. The van der Waals surface area contributed by atoms with Crippen molar-refractivity contribution in [3.05, 3.63) is 15.6 Å². The van der Waals surface area contributed by atoms with E-state index in [1.165, 1.54) is 4.88 Å². The van der Waals surface area contributed by atoms with Crippen molar-refractivity contribution in [1.82, 2.24) is 15.2 Å². The Bertz CT molecular complexity index is 447. The average molecular weight is 311 g/mol. The standard InChI is InChI=1S/C16H29N3OS/c1-6-7-17-12(4)15-13(5)18-16(21-15)14-10-19(11(2)3)8-9-20-14/h11-12,14,17H,6-10H2,1-5H3. The lowest BCUT2D eigenvalue weighted by molar-refractivity contribution is -0.0403. The van der Waals surface area contributed by atoms with Gasteiger partial charge < -0.3 is 10.1 Å². The van der Waals surface area contributed by atoms with Crippen LogP contribution in [0.5, 0.6) is 0 Å². The van der Waals surface area contributed by atoms with Crippen LogP contribution in [0.4, 0.5) is 0 Å². The third-order valence-corrected chi connectivity index (χ3v) is 5.48. The molecule has 0 radical (unpaired) electrons. The molecule has 1 aliphatic rings. The molecule has 2 atom stereocenters. The van der Waals surface area contributed by atoms with Gasteiger partial charge in [0, 0.05) is 30.1 Å². The topological polar surface area (TPSA) is 37.4 Å². The molecule has 21 heavy (non-hydrogen) atoms. The lowest BCUT2D eigenvalue weighted by atomic mass is 10.2. The summed E-state index contributed by atoms with van der Waals surface area (Å²) in [6, 6.07) is 0.947. The van der Waals surface area contributed by atoms with Gasteiger partial charge >= 0.3 is 0 Å². The summed E-state index contributed by atoms with van der Waals surface area (Å²) in [5.74, 6) is 0. The maximum absolute atomic E-state index is 5.96. The molecule has 4 nitrogen and oxygen atoms in total. The number of rotatable bonds is 6. The number of hydrogen-bond acceptors (Lipinski definition) is 5. The highest BCUT2D eigenvalue weighted by Gasteiger charge is 2.27. The van der Waals surface area contributed by atoms with Gasteiger partial charge in [0.15, 0.2) is 0 Å². The highest BCUT2D eigenvalue weighted by atomic mass is 32.1. The van der Waals surface area contributed by atoms with Crippen LogP contribution in [0.15, 0.2) is 0 Å². The van der Waals surface area contributed by atoms with Gasteiger partial charge in [-0.15, -0.1) is 11.3 Å². The predicted molar refractivity (Wildman–Crippen MR) is 89.0 cm³/mol. The van der Waals surface area contributed by atoms with Crippen LogP contribution in [-0.4, -0.2) is 42.2 Å². The van der Waals surface area contributed by atoms with Gasteiger partial charge in [0.2, 0.25) is 0 Å². The number of nitrogens with zero attached hydrogens (tertiary/aromatic N) is 2. The zero-order valence-electron chi connectivity index (χ0n) is 14.0. The smallest absolute Gasteiger partial charge is 0.123 e. The maximum Gasteiger partial charge on any atom is 0.123 e. The van der Waals surface area contributed by atoms with E-state index in [1.54, 1.807) is 0 Å². The second kappa shape index (κ2) is 7.68. The molecule has 0 aromatic carbocycles. The molecule has 120 valence electrons. The molecule has 5 heteroatoms. The van der Waals surface area contributed by atoms with E-state index < -0.39 is 0 Å². The minimum absolute atomic E-state index is 0.136. The van der Waals surface area contributed by atoms with E-state index >= 15 is 0 Å². The monoisotopic (exact) mass is 311 g/mol. The fourth-order valence-electron chi connectivity index (χ4n) is 2.71. The minimum atomic E-state index is 0.136. The molecule has 0 aliphatic carbocycles. The zero-order valence-corrected chi connectivity index (χ0v) is 14.8. The van der Waals surface area contributed by atoms with Crippen LogP contribution >= 0.6 is 11.3 Å². The molecule has 1 N–H and O–H groups in total. The summed E-state index contributed by atoms with van der Waals surface area (Å²) in [6.45, 7) is 14.9. The van der Waals surface area contributed by atoms with E-state index in [1.807, 2.05) is 11.3 Å². The van der Waals surface area contributed by atoms with Gasteiger partial charge in [-0.1, -0.05) is 6.92 Å². The summed E-state index contributed by atoms with van der Waals surface area (Å²) in [4.78, 5) is 8.61. The lowest BCUT2D eigenvalue weighted by Gasteiger charge is -2.34. The normalized spacial score (nSPS) is 21.9. The van der Waals surface area contributed by atoms with Crippen molar-refractivity contribution in [3.63, 3.8) is 0 Å². The zero-order chi connectivity index (χ0) is 15.4. The summed E-state index contributed by atoms with van der Waals surface area (Å²) < 4.78 is 5.96. The first kappa shape index (κ1) is 16.9. The van der Waals surface area contributed by atoms with Crippen LogP contribution in [0, 0.1) is 6.92 Å². The first-order valence-corrected chi connectivity index (χ1v) is 8.90. The van der Waals surface area contributed by atoms with E-state index in [4.69, 9.17) is 9.72 Å². The summed E-state index contributed by atoms with van der Waals surface area (Å²) in [6.07, 6.45) is 1.29. The minimum Gasteiger partial charge on any atom is -0.368 e. The van der Waals surface area contributed by atoms with Crippen molar-refractivity contribution in [1.29, 1.82) is 0 Å².